The molecular formula is C19H28N2O2S. The predicted molar refractivity (Wildman–Crippen MR) is 96.7 cm³/mol. The summed E-state index contributed by atoms with van der Waals surface area (Å²) in [5.74, 6) is 0.264. The van der Waals surface area contributed by atoms with E-state index in [0.717, 1.165) is 69.6 Å². The van der Waals surface area contributed by atoms with E-state index < -0.39 is 0 Å². The summed E-state index contributed by atoms with van der Waals surface area (Å²) < 4.78 is 0. The normalized spacial score (nSPS) is 26.4. The van der Waals surface area contributed by atoms with E-state index in [9.17, 15) is 9.90 Å². The molecule has 0 spiro atoms. The Labute approximate surface area is 148 Å². The second-order valence-electron chi connectivity index (χ2n) is 7.59. The van der Waals surface area contributed by atoms with Gasteiger partial charge in [-0.2, -0.15) is 0 Å². The lowest BCUT2D eigenvalue weighted by molar-refractivity contribution is 0.0241. The molecule has 1 aromatic heterocycles. The number of carbonyl (C=O) groups excluding carboxylic acids is 1. The molecule has 132 valence electrons. The molecule has 5 heteroatoms. The van der Waals surface area contributed by atoms with Gasteiger partial charge in [0.05, 0.1) is 11.0 Å². The van der Waals surface area contributed by atoms with Gasteiger partial charge in [-0.15, -0.1) is 11.3 Å². The zero-order chi connectivity index (χ0) is 16.5. The number of aliphatic hydroxyl groups is 1. The van der Waals surface area contributed by atoms with Crippen LogP contribution in [-0.4, -0.2) is 59.1 Å². The van der Waals surface area contributed by atoms with Crippen molar-refractivity contribution in [2.75, 3.05) is 26.2 Å². The Morgan fingerprint density at radius 2 is 1.88 bits per heavy atom. The van der Waals surface area contributed by atoms with Crippen LogP contribution in [0.1, 0.15) is 59.3 Å². The summed E-state index contributed by atoms with van der Waals surface area (Å²) in [5, 5.41) is 12.1. The van der Waals surface area contributed by atoms with Gasteiger partial charge in [-0.25, -0.2) is 0 Å². The first-order chi connectivity index (χ1) is 11.7. The smallest absolute Gasteiger partial charge is 0.264 e. The van der Waals surface area contributed by atoms with Crippen LogP contribution in [0.25, 0.3) is 0 Å². The SMILES string of the molecule is O=C(c1scc2c1CCCC2)N1CCC(N2CCC[C@H](O)C2)CC1. The van der Waals surface area contributed by atoms with Crippen molar-refractivity contribution >= 4 is 17.2 Å². The fraction of sp³-hybridized carbons (Fsp3) is 0.737. The average molecular weight is 349 g/mol. The number of hydrogen-bond acceptors (Lipinski definition) is 4. The lowest BCUT2D eigenvalue weighted by Crippen LogP contribution is -2.50. The quantitative estimate of drug-likeness (QED) is 0.894. The van der Waals surface area contributed by atoms with Gasteiger partial charge in [0, 0.05) is 25.7 Å². The van der Waals surface area contributed by atoms with Crippen LogP contribution in [0.3, 0.4) is 0 Å². The Morgan fingerprint density at radius 1 is 1.08 bits per heavy atom. The van der Waals surface area contributed by atoms with Crippen molar-refractivity contribution in [1.82, 2.24) is 9.80 Å². The molecule has 0 bridgehead atoms. The summed E-state index contributed by atoms with van der Waals surface area (Å²) >= 11 is 1.66. The number of carbonyl (C=O) groups is 1. The van der Waals surface area contributed by atoms with Crippen LogP contribution >= 0.6 is 11.3 Å². The number of nitrogens with zero attached hydrogens (tertiary/aromatic N) is 2. The summed E-state index contributed by atoms with van der Waals surface area (Å²) in [5.41, 5.74) is 2.77. The molecule has 1 N–H and O–H groups in total. The molecule has 1 aliphatic carbocycles. The van der Waals surface area contributed by atoms with E-state index in [1.165, 1.54) is 24.0 Å². The minimum absolute atomic E-state index is 0.156. The third-order valence-electron chi connectivity index (χ3n) is 5.99. The van der Waals surface area contributed by atoms with E-state index in [-0.39, 0.29) is 12.0 Å². The van der Waals surface area contributed by atoms with Crippen LogP contribution in [0.5, 0.6) is 0 Å². The van der Waals surface area contributed by atoms with Crippen molar-refractivity contribution in [2.24, 2.45) is 0 Å². The minimum atomic E-state index is -0.156. The van der Waals surface area contributed by atoms with Crippen molar-refractivity contribution in [2.45, 2.75) is 63.5 Å². The van der Waals surface area contributed by atoms with Gasteiger partial charge in [0.1, 0.15) is 0 Å². The molecule has 0 unspecified atom stereocenters. The fourth-order valence-electron chi connectivity index (χ4n) is 4.59. The molecule has 4 nitrogen and oxygen atoms in total. The van der Waals surface area contributed by atoms with Gasteiger partial charge < -0.3 is 10.0 Å². The largest absolute Gasteiger partial charge is 0.392 e. The highest BCUT2D eigenvalue weighted by atomic mass is 32.1. The number of thiophene rings is 1. The third-order valence-corrected chi connectivity index (χ3v) is 7.05. The Balaban J connectivity index is 1.37. The van der Waals surface area contributed by atoms with E-state index in [1.54, 1.807) is 11.3 Å². The average Bonchev–Trinajstić information content (AvgIpc) is 3.05. The number of β-amino-alcohol motifs (C(OH)–C–C–N with tert-alkyl or cyclic N) is 1. The predicted octanol–water partition coefficient (Wildman–Crippen LogP) is 2.69. The molecule has 0 radical (unpaired) electrons. The number of piperidine rings is 2. The molecule has 4 rings (SSSR count). The Morgan fingerprint density at radius 3 is 2.67 bits per heavy atom. The van der Waals surface area contributed by atoms with Crippen LogP contribution in [0.2, 0.25) is 0 Å². The summed E-state index contributed by atoms with van der Waals surface area (Å²) in [6.07, 6.45) is 8.71. The Bertz CT molecular complexity index is 592. The zero-order valence-corrected chi connectivity index (χ0v) is 15.2. The van der Waals surface area contributed by atoms with E-state index >= 15 is 0 Å². The van der Waals surface area contributed by atoms with E-state index in [4.69, 9.17) is 0 Å². The highest BCUT2D eigenvalue weighted by Crippen LogP contribution is 2.31. The fourth-order valence-corrected chi connectivity index (χ4v) is 5.72. The monoisotopic (exact) mass is 348 g/mol. The van der Waals surface area contributed by atoms with Crippen molar-refractivity contribution in [1.29, 1.82) is 0 Å². The maximum Gasteiger partial charge on any atom is 0.264 e. The van der Waals surface area contributed by atoms with Crippen molar-refractivity contribution in [3.05, 3.63) is 21.4 Å². The molecule has 3 aliphatic rings. The Kier molecular flexibility index (Phi) is 4.93. The lowest BCUT2D eigenvalue weighted by atomic mass is 9.93. The number of fused-ring (bicyclic) bond motifs is 1. The van der Waals surface area contributed by atoms with Gasteiger partial charge in [-0.1, -0.05) is 0 Å². The molecule has 1 amide bonds. The van der Waals surface area contributed by atoms with Gasteiger partial charge in [0.15, 0.2) is 0 Å². The van der Waals surface area contributed by atoms with Crippen molar-refractivity contribution in [3.63, 3.8) is 0 Å². The number of hydrogen-bond donors (Lipinski definition) is 1. The second kappa shape index (κ2) is 7.14. The van der Waals surface area contributed by atoms with Crippen LogP contribution in [0, 0.1) is 0 Å². The first kappa shape index (κ1) is 16.6. The number of likely N-dealkylation sites (tertiary alicyclic amines) is 2. The molecule has 0 saturated carbocycles. The molecule has 24 heavy (non-hydrogen) atoms. The molecule has 2 aliphatic heterocycles. The topological polar surface area (TPSA) is 43.8 Å². The summed E-state index contributed by atoms with van der Waals surface area (Å²) in [6, 6.07) is 0.543. The molecule has 2 saturated heterocycles. The van der Waals surface area contributed by atoms with Crippen LogP contribution in [-0.2, 0) is 12.8 Å². The van der Waals surface area contributed by atoms with Crippen molar-refractivity contribution in [3.8, 4) is 0 Å². The van der Waals surface area contributed by atoms with E-state index in [1.807, 2.05) is 0 Å². The molecule has 3 heterocycles. The minimum Gasteiger partial charge on any atom is -0.392 e. The molecule has 2 fully saturated rings. The lowest BCUT2D eigenvalue weighted by Gasteiger charge is -2.41. The van der Waals surface area contributed by atoms with Gasteiger partial charge in [-0.05, 0) is 74.4 Å². The summed E-state index contributed by atoms with van der Waals surface area (Å²) in [7, 11) is 0. The summed E-state index contributed by atoms with van der Waals surface area (Å²) in [6.45, 7) is 3.65. The van der Waals surface area contributed by atoms with Crippen molar-refractivity contribution < 1.29 is 9.90 Å². The highest BCUT2D eigenvalue weighted by Gasteiger charge is 2.31. The number of rotatable bonds is 2. The Hall–Kier alpha value is -0.910. The zero-order valence-electron chi connectivity index (χ0n) is 14.4. The van der Waals surface area contributed by atoms with Gasteiger partial charge in [0.25, 0.3) is 5.91 Å². The summed E-state index contributed by atoms with van der Waals surface area (Å²) in [4.78, 5) is 18.5. The molecule has 1 aromatic rings. The van der Waals surface area contributed by atoms with Gasteiger partial charge >= 0.3 is 0 Å². The highest BCUT2D eigenvalue weighted by molar-refractivity contribution is 7.12. The second-order valence-corrected chi connectivity index (χ2v) is 8.47. The molecular weight excluding hydrogens is 320 g/mol. The maximum atomic E-state index is 13.0. The van der Waals surface area contributed by atoms with Crippen LogP contribution in [0.15, 0.2) is 5.38 Å². The standard InChI is InChI=1S/C19H28N2O2S/c22-16-5-3-9-21(12-16)15-7-10-20(11-8-15)19(23)18-17-6-2-1-4-14(17)13-24-18/h13,15-16,22H,1-12H2/t16-/m0/s1. The molecule has 0 aromatic carbocycles. The van der Waals surface area contributed by atoms with Gasteiger partial charge in [0.2, 0.25) is 0 Å². The van der Waals surface area contributed by atoms with Crippen LogP contribution in [0.4, 0.5) is 0 Å². The third kappa shape index (κ3) is 3.26. The van der Waals surface area contributed by atoms with Gasteiger partial charge in [-0.3, -0.25) is 9.69 Å². The first-order valence-corrected chi connectivity index (χ1v) is 10.4. The van der Waals surface area contributed by atoms with E-state index in [2.05, 4.69) is 15.2 Å². The maximum absolute atomic E-state index is 13.0. The van der Waals surface area contributed by atoms with E-state index in [0.29, 0.717) is 6.04 Å². The first-order valence-electron chi connectivity index (χ1n) is 9.53. The number of aliphatic hydroxyl groups excluding tert-OH is 1. The van der Waals surface area contributed by atoms with Crippen LogP contribution < -0.4 is 0 Å². The number of amides is 1. The number of aryl methyl sites for hydroxylation is 1. The molecule has 1 atom stereocenters.